The monoisotopic (exact) mass is 375 g/mol. The molecule has 2 amide bonds. The minimum atomic E-state index is -0.301. The average Bonchev–Trinajstić information content (AvgIpc) is 3.08. The lowest BCUT2D eigenvalue weighted by atomic mass is 10.1. The number of aromatic hydroxyl groups is 1. The van der Waals surface area contributed by atoms with E-state index >= 15 is 0 Å². The first kappa shape index (κ1) is 19.6. The largest absolute Gasteiger partial charge is 0.507 e. The van der Waals surface area contributed by atoms with Gasteiger partial charge in [-0.3, -0.25) is 14.5 Å². The fourth-order valence-corrected chi connectivity index (χ4v) is 4.03. The average molecular weight is 375 g/mol. The Balaban J connectivity index is 1.71. The molecule has 7 heteroatoms. The van der Waals surface area contributed by atoms with Crippen molar-refractivity contribution >= 4 is 11.8 Å². The van der Waals surface area contributed by atoms with Crippen molar-refractivity contribution in [1.82, 2.24) is 15.5 Å². The van der Waals surface area contributed by atoms with E-state index in [9.17, 15) is 14.7 Å². The highest BCUT2D eigenvalue weighted by Gasteiger charge is 2.41. The predicted molar refractivity (Wildman–Crippen MR) is 102 cm³/mol. The SMILES string of the molecule is CCNC(=O)[C@@H]1C[C@H](NC(=O)c2cc(C)ccc2O)CN1C1CCOCC1. The molecule has 27 heavy (non-hydrogen) atoms. The molecule has 0 aromatic heterocycles. The third-order valence-corrected chi connectivity index (χ3v) is 5.38. The smallest absolute Gasteiger partial charge is 0.255 e. The Morgan fingerprint density at radius 2 is 2.04 bits per heavy atom. The number of carbonyl (C=O) groups is 2. The number of hydrogen-bond acceptors (Lipinski definition) is 5. The third-order valence-electron chi connectivity index (χ3n) is 5.38. The third kappa shape index (κ3) is 4.59. The van der Waals surface area contributed by atoms with Gasteiger partial charge in [-0.05, 0) is 45.2 Å². The first-order valence-electron chi connectivity index (χ1n) is 9.71. The summed E-state index contributed by atoms with van der Waals surface area (Å²) in [6.45, 7) is 6.42. The zero-order valence-electron chi connectivity index (χ0n) is 16.0. The summed E-state index contributed by atoms with van der Waals surface area (Å²) in [6, 6.07) is 4.89. The molecule has 2 saturated heterocycles. The highest BCUT2D eigenvalue weighted by atomic mass is 16.5. The summed E-state index contributed by atoms with van der Waals surface area (Å²) in [4.78, 5) is 27.4. The van der Waals surface area contributed by atoms with Crippen LogP contribution in [0.25, 0.3) is 0 Å². The van der Waals surface area contributed by atoms with Crippen LogP contribution < -0.4 is 10.6 Å². The molecule has 0 unspecified atom stereocenters. The number of amides is 2. The molecule has 2 aliphatic heterocycles. The van der Waals surface area contributed by atoms with Gasteiger partial charge in [-0.15, -0.1) is 0 Å². The summed E-state index contributed by atoms with van der Waals surface area (Å²) >= 11 is 0. The van der Waals surface area contributed by atoms with Gasteiger partial charge in [0.1, 0.15) is 5.75 Å². The zero-order chi connectivity index (χ0) is 19.4. The van der Waals surface area contributed by atoms with E-state index in [1.165, 1.54) is 6.07 Å². The van der Waals surface area contributed by atoms with Crippen molar-refractivity contribution in [3.63, 3.8) is 0 Å². The molecule has 2 fully saturated rings. The van der Waals surface area contributed by atoms with Crippen molar-refractivity contribution in [1.29, 1.82) is 0 Å². The van der Waals surface area contributed by atoms with Gasteiger partial charge in [-0.1, -0.05) is 11.6 Å². The Kier molecular flexibility index (Phi) is 6.34. The number of nitrogens with one attached hydrogen (secondary N) is 2. The van der Waals surface area contributed by atoms with Crippen LogP contribution in [0.4, 0.5) is 0 Å². The summed E-state index contributed by atoms with van der Waals surface area (Å²) in [5.41, 5.74) is 1.18. The van der Waals surface area contributed by atoms with Gasteiger partial charge in [0.2, 0.25) is 5.91 Å². The Labute approximate surface area is 160 Å². The van der Waals surface area contributed by atoms with Crippen LogP contribution in [0.1, 0.15) is 42.1 Å². The second-order valence-corrected chi connectivity index (χ2v) is 7.38. The van der Waals surface area contributed by atoms with Crippen molar-refractivity contribution in [2.45, 2.75) is 51.2 Å². The van der Waals surface area contributed by atoms with Crippen molar-refractivity contribution in [2.75, 3.05) is 26.3 Å². The molecule has 0 saturated carbocycles. The van der Waals surface area contributed by atoms with Gasteiger partial charge in [-0.25, -0.2) is 0 Å². The molecule has 7 nitrogen and oxygen atoms in total. The first-order valence-corrected chi connectivity index (χ1v) is 9.71. The van der Waals surface area contributed by atoms with E-state index in [1.807, 2.05) is 13.8 Å². The van der Waals surface area contributed by atoms with Crippen LogP contribution in [0.2, 0.25) is 0 Å². The molecule has 2 aliphatic rings. The maximum atomic E-state index is 12.6. The fourth-order valence-electron chi connectivity index (χ4n) is 4.03. The lowest BCUT2D eigenvalue weighted by molar-refractivity contribution is -0.126. The number of ether oxygens (including phenoxy) is 1. The maximum Gasteiger partial charge on any atom is 0.255 e. The van der Waals surface area contributed by atoms with Crippen LogP contribution in [0.15, 0.2) is 18.2 Å². The van der Waals surface area contributed by atoms with Gasteiger partial charge in [-0.2, -0.15) is 0 Å². The highest BCUT2D eigenvalue weighted by Crippen LogP contribution is 2.27. The molecule has 148 valence electrons. The molecule has 1 aromatic carbocycles. The van der Waals surface area contributed by atoms with Crippen LogP contribution in [0.5, 0.6) is 5.75 Å². The molecular weight excluding hydrogens is 346 g/mol. The van der Waals surface area contributed by atoms with Gasteiger partial charge in [0.25, 0.3) is 5.91 Å². The van der Waals surface area contributed by atoms with Gasteiger partial charge in [0, 0.05) is 38.4 Å². The van der Waals surface area contributed by atoms with Gasteiger partial charge in [0.05, 0.1) is 11.6 Å². The molecule has 3 N–H and O–H groups in total. The van der Waals surface area contributed by atoms with E-state index in [-0.39, 0.29) is 35.2 Å². The minimum Gasteiger partial charge on any atom is -0.507 e. The second kappa shape index (κ2) is 8.71. The standard InChI is InChI=1S/C20H29N3O4/c1-3-21-20(26)17-11-14(12-23(17)15-6-8-27-9-7-15)22-19(25)16-10-13(2)4-5-18(16)24/h4-5,10,14-15,17,24H,3,6-9,11-12H2,1-2H3,(H,21,26)(H,22,25)/t14-,17-/m0/s1. The molecule has 2 atom stereocenters. The summed E-state index contributed by atoms with van der Waals surface area (Å²) in [5, 5.41) is 15.9. The van der Waals surface area contributed by atoms with E-state index in [1.54, 1.807) is 12.1 Å². The number of nitrogens with zero attached hydrogens (tertiary/aromatic N) is 1. The molecule has 2 heterocycles. The van der Waals surface area contributed by atoms with E-state index < -0.39 is 0 Å². The van der Waals surface area contributed by atoms with E-state index in [4.69, 9.17) is 4.74 Å². The number of aryl methyl sites for hydroxylation is 1. The maximum absolute atomic E-state index is 12.6. The number of phenols is 1. The number of rotatable bonds is 5. The zero-order valence-corrected chi connectivity index (χ0v) is 16.0. The van der Waals surface area contributed by atoms with Gasteiger partial charge < -0.3 is 20.5 Å². The van der Waals surface area contributed by atoms with E-state index in [0.717, 1.165) is 18.4 Å². The Morgan fingerprint density at radius 1 is 1.30 bits per heavy atom. The molecule has 0 aliphatic carbocycles. The molecule has 3 rings (SSSR count). The summed E-state index contributed by atoms with van der Waals surface area (Å²) < 4.78 is 5.45. The lowest BCUT2D eigenvalue weighted by Gasteiger charge is -2.34. The first-order chi connectivity index (χ1) is 13.0. The molecule has 0 bridgehead atoms. The van der Waals surface area contributed by atoms with Crippen LogP contribution in [-0.4, -0.2) is 66.2 Å². The van der Waals surface area contributed by atoms with E-state index in [2.05, 4.69) is 15.5 Å². The minimum absolute atomic E-state index is 0.0131. The normalized spacial score (nSPS) is 23.9. The number of likely N-dealkylation sites (tertiary alicyclic amines) is 1. The Morgan fingerprint density at radius 3 is 2.74 bits per heavy atom. The molecule has 0 radical (unpaired) electrons. The summed E-state index contributed by atoms with van der Waals surface area (Å²) in [5.74, 6) is -0.318. The summed E-state index contributed by atoms with van der Waals surface area (Å²) in [7, 11) is 0. The van der Waals surface area contributed by atoms with Crippen molar-refractivity contribution < 1.29 is 19.4 Å². The fraction of sp³-hybridized carbons (Fsp3) is 0.600. The molecule has 1 aromatic rings. The number of carbonyl (C=O) groups excluding carboxylic acids is 2. The number of likely N-dealkylation sites (N-methyl/N-ethyl adjacent to an activating group) is 1. The van der Waals surface area contributed by atoms with Gasteiger partial charge in [0.15, 0.2) is 0 Å². The second-order valence-electron chi connectivity index (χ2n) is 7.38. The lowest BCUT2D eigenvalue weighted by Crippen LogP contribution is -2.49. The number of benzene rings is 1. The molecular formula is C20H29N3O4. The summed E-state index contributed by atoms with van der Waals surface area (Å²) in [6.07, 6.45) is 2.37. The topological polar surface area (TPSA) is 90.9 Å². The van der Waals surface area contributed by atoms with Crippen molar-refractivity contribution in [3.8, 4) is 5.75 Å². The predicted octanol–water partition coefficient (Wildman–Crippen LogP) is 1.19. The molecule has 0 spiro atoms. The number of phenolic OH excluding ortho intramolecular Hbond substituents is 1. The quantitative estimate of drug-likeness (QED) is 0.719. The van der Waals surface area contributed by atoms with Crippen LogP contribution >= 0.6 is 0 Å². The van der Waals surface area contributed by atoms with Crippen LogP contribution in [0.3, 0.4) is 0 Å². The van der Waals surface area contributed by atoms with Crippen LogP contribution in [-0.2, 0) is 9.53 Å². The van der Waals surface area contributed by atoms with Crippen molar-refractivity contribution in [3.05, 3.63) is 29.3 Å². The van der Waals surface area contributed by atoms with Gasteiger partial charge >= 0.3 is 0 Å². The van der Waals surface area contributed by atoms with Crippen LogP contribution in [0, 0.1) is 6.92 Å². The highest BCUT2D eigenvalue weighted by molar-refractivity contribution is 5.97. The Bertz CT molecular complexity index is 688. The Hall–Kier alpha value is -2.12. The number of hydrogen-bond donors (Lipinski definition) is 3. The van der Waals surface area contributed by atoms with Crippen molar-refractivity contribution in [2.24, 2.45) is 0 Å². The van der Waals surface area contributed by atoms with E-state index in [0.29, 0.717) is 38.8 Å².